The number of benzene rings is 2. The average molecular weight is 425 g/mol. The van der Waals surface area contributed by atoms with E-state index in [-0.39, 0.29) is 34.2 Å². The summed E-state index contributed by atoms with van der Waals surface area (Å²) in [5.41, 5.74) is 2.08. The van der Waals surface area contributed by atoms with Gasteiger partial charge in [0.25, 0.3) is 0 Å². The van der Waals surface area contributed by atoms with E-state index in [1.54, 1.807) is 6.07 Å². The summed E-state index contributed by atoms with van der Waals surface area (Å²) in [4.78, 5) is 12.2. The molecule has 30 heavy (non-hydrogen) atoms. The number of amides is 1. The Balaban J connectivity index is 1.92. The predicted molar refractivity (Wildman–Crippen MR) is 109 cm³/mol. The van der Waals surface area contributed by atoms with Crippen LogP contribution in [0.1, 0.15) is 23.6 Å². The molecule has 2 aromatic carbocycles. The van der Waals surface area contributed by atoms with Crippen LogP contribution in [0.15, 0.2) is 53.6 Å². The molecule has 0 aliphatic rings. The number of hydrogen-bond acceptors (Lipinski definition) is 6. The van der Waals surface area contributed by atoms with Gasteiger partial charge in [-0.15, -0.1) is 5.10 Å². The van der Waals surface area contributed by atoms with Gasteiger partial charge in [0.2, 0.25) is 21.8 Å². The zero-order chi connectivity index (χ0) is 21.9. The van der Waals surface area contributed by atoms with Crippen LogP contribution < -0.4 is 10.5 Å². The van der Waals surface area contributed by atoms with Crippen LogP contribution in [0.2, 0.25) is 0 Å². The fourth-order valence-electron chi connectivity index (χ4n) is 3.03. The Morgan fingerprint density at radius 3 is 2.57 bits per heavy atom. The maximum absolute atomic E-state index is 12.5. The second kappa shape index (κ2) is 8.36. The maximum Gasteiger partial charge on any atom is 0.248 e. The number of aromatic hydroxyl groups is 1. The highest BCUT2D eigenvalue weighted by atomic mass is 32.2. The van der Waals surface area contributed by atoms with Crippen LogP contribution >= 0.6 is 0 Å². The van der Waals surface area contributed by atoms with Crippen LogP contribution in [-0.4, -0.2) is 29.2 Å². The number of carbonyl (C=O) groups is 1. The fraction of sp³-hybridized carbons (Fsp3) is 0.150. The summed E-state index contributed by atoms with van der Waals surface area (Å²) in [6, 6.07) is 13.4. The molecule has 4 N–H and O–H groups in total. The van der Waals surface area contributed by atoms with Gasteiger partial charge in [0.15, 0.2) is 0 Å². The smallest absolute Gasteiger partial charge is 0.248 e. The van der Waals surface area contributed by atoms with Crippen LogP contribution in [-0.2, 0) is 27.7 Å². The van der Waals surface area contributed by atoms with E-state index in [9.17, 15) is 18.3 Å². The van der Waals surface area contributed by atoms with E-state index in [2.05, 4.69) is 10.4 Å². The summed E-state index contributed by atoms with van der Waals surface area (Å²) in [5, 5.41) is 30.3. The Labute approximate surface area is 173 Å². The first-order chi connectivity index (χ1) is 14.2. The highest BCUT2D eigenvalue weighted by molar-refractivity contribution is 7.89. The third-order valence-corrected chi connectivity index (χ3v) is 5.40. The fourth-order valence-corrected chi connectivity index (χ4v) is 3.77. The highest BCUT2D eigenvalue weighted by Gasteiger charge is 2.19. The van der Waals surface area contributed by atoms with E-state index in [0.29, 0.717) is 0 Å². The molecule has 0 spiro atoms. The van der Waals surface area contributed by atoms with Crippen molar-refractivity contribution in [2.45, 2.75) is 24.7 Å². The lowest BCUT2D eigenvalue weighted by Gasteiger charge is -2.12. The molecular weight excluding hydrogens is 406 g/mol. The summed E-state index contributed by atoms with van der Waals surface area (Å²) in [5.74, 6) is -0.850. The standard InChI is InChI=1S/C20H19N5O4S/c1-2-13-5-3-4-6-14(13)9-19(26)23-16-7-8-17(18(10-16)30(22,28)29)25-12-15(11-21)20(27)24-25/h3-8,10,12H,2,9H2,1H3,(H,23,26)(H,24,27)(H2,22,28,29). The molecule has 0 saturated heterocycles. The number of nitrogens with two attached hydrogens (primary N) is 1. The number of aryl methyl sites for hydroxylation is 1. The van der Waals surface area contributed by atoms with E-state index in [0.717, 1.165) is 22.2 Å². The Morgan fingerprint density at radius 2 is 1.97 bits per heavy atom. The van der Waals surface area contributed by atoms with Crippen molar-refractivity contribution in [1.29, 1.82) is 5.26 Å². The molecule has 9 nitrogen and oxygen atoms in total. The van der Waals surface area contributed by atoms with Crippen molar-refractivity contribution in [2.24, 2.45) is 5.14 Å². The van der Waals surface area contributed by atoms with Gasteiger partial charge in [-0.3, -0.25) is 4.79 Å². The van der Waals surface area contributed by atoms with Crippen molar-refractivity contribution in [2.75, 3.05) is 5.32 Å². The van der Waals surface area contributed by atoms with Gasteiger partial charge < -0.3 is 10.4 Å². The van der Waals surface area contributed by atoms with E-state index < -0.39 is 15.9 Å². The van der Waals surface area contributed by atoms with Crippen LogP contribution in [0.25, 0.3) is 5.69 Å². The van der Waals surface area contributed by atoms with E-state index >= 15 is 0 Å². The normalized spacial score (nSPS) is 11.1. The van der Waals surface area contributed by atoms with Crippen LogP contribution in [0.5, 0.6) is 5.88 Å². The highest BCUT2D eigenvalue weighted by Crippen LogP contribution is 2.25. The number of nitrogens with zero attached hydrogens (tertiary/aromatic N) is 3. The lowest BCUT2D eigenvalue weighted by atomic mass is 10.0. The Hall–Kier alpha value is -3.68. The van der Waals surface area contributed by atoms with E-state index in [4.69, 9.17) is 10.4 Å². The summed E-state index contributed by atoms with van der Waals surface area (Å²) < 4.78 is 25.2. The van der Waals surface area contributed by atoms with Gasteiger partial charge in [0.05, 0.1) is 18.3 Å². The van der Waals surface area contributed by atoms with Crippen molar-refractivity contribution in [3.63, 3.8) is 0 Å². The number of primary sulfonamides is 1. The molecule has 0 radical (unpaired) electrons. The van der Waals surface area contributed by atoms with Gasteiger partial charge in [-0.1, -0.05) is 31.2 Å². The first-order valence-corrected chi connectivity index (χ1v) is 10.5. The topological polar surface area (TPSA) is 151 Å². The zero-order valence-corrected chi connectivity index (χ0v) is 16.8. The number of nitrogens with one attached hydrogen (secondary N) is 1. The van der Waals surface area contributed by atoms with Crippen LogP contribution in [0.3, 0.4) is 0 Å². The molecule has 10 heteroatoms. The molecule has 0 aliphatic heterocycles. The molecule has 1 amide bonds. The monoisotopic (exact) mass is 425 g/mol. The molecule has 0 bridgehead atoms. The number of nitriles is 1. The largest absolute Gasteiger partial charge is 0.491 e. The summed E-state index contributed by atoms with van der Waals surface area (Å²) in [6.45, 7) is 2.00. The summed E-state index contributed by atoms with van der Waals surface area (Å²) in [6.07, 6.45) is 2.10. The van der Waals surface area contributed by atoms with Crippen LogP contribution in [0.4, 0.5) is 5.69 Å². The molecule has 3 rings (SSSR count). The van der Waals surface area contributed by atoms with Crippen molar-refractivity contribution >= 4 is 21.6 Å². The number of rotatable bonds is 6. The number of aromatic nitrogens is 2. The number of sulfonamides is 1. The molecule has 0 aliphatic carbocycles. The van der Waals surface area contributed by atoms with Crippen molar-refractivity contribution in [3.05, 3.63) is 65.4 Å². The molecule has 0 atom stereocenters. The Morgan fingerprint density at radius 1 is 1.27 bits per heavy atom. The molecule has 3 aromatic rings. The minimum Gasteiger partial charge on any atom is -0.491 e. The molecule has 0 fully saturated rings. The summed E-state index contributed by atoms with van der Waals surface area (Å²) in [7, 11) is -4.20. The predicted octanol–water partition coefficient (Wildman–Crippen LogP) is 1.84. The third kappa shape index (κ3) is 4.48. The molecule has 1 aromatic heterocycles. The zero-order valence-electron chi connectivity index (χ0n) is 16.0. The second-order valence-electron chi connectivity index (χ2n) is 6.50. The Bertz CT molecular complexity index is 1260. The van der Waals surface area contributed by atoms with E-state index in [1.165, 1.54) is 24.4 Å². The van der Waals surface area contributed by atoms with E-state index in [1.807, 2.05) is 31.2 Å². The minimum absolute atomic E-state index is 0.0311. The lowest BCUT2D eigenvalue weighted by molar-refractivity contribution is -0.115. The van der Waals surface area contributed by atoms with Crippen LogP contribution in [0, 0.1) is 11.3 Å². The molecule has 1 heterocycles. The summed E-state index contributed by atoms with van der Waals surface area (Å²) >= 11 is 0. The molecular formula is C20H19N5O4S. The van der Waals surface area contributed by atoms with Gasteiger partial charge in [-0.05, 0) is 35.7 Å². The first-order valence-electron chi connectivity index (χ1n) is 8.95. The minimum atomic E-state index is -4.20. The average Bonchev–Trinajstić information content (AvgIpc) is 3.08. The van der Waals surface area contributed by atoms with Gasteiger partial charge >= 0.3 is 0 Å². The van der Waals surface area contributed by atoms with Crippen molar-refractivity contribution in [1.82, 2.24) is 9.78 Å². The SMILES string of the molecule is CCc1ccccc1CC(=O)Nc1ccc(-n2cc(C#N)c(O)n2)c(S(N)(=O)=O)c1. The molecule has 0 saturated carbocycles. The Kier molecular flexibility index (Phi) is 5.86. The molecule has 0 unspecified atom stereocenters. The first kappa shape index (κ1) is 21.0. The molecule has 154 valence electrons. The second-order valence-corrected chi connectivity index (χ2v) is 8.03. The van der Waals surface area contributed by atoms with Crippen molar-refractivity contribution < 1.29 is 18.3 Å². The number of hydrogen-bond donors (Lipinski definition) is 3. The quantitative estimate of drug-likeness (QED) is 0.548. The van der Waals surface area contributed by atoms with Gasteiger partial charge in [-0.2, -0.15) is 5.26 Å². The maximum atomic E-state index is 12.5. The number of carbonyl (C=O) groups excluding carboxylic acids is 1. The third-order valence-electron chi connectivity index (χ3n) is 4.46. The number of anilines is 1. The lowest BCUT2D eigenvalue weighted by Crippen LogP contribution is -2.18. The van der Waals surface area contributed by atoms with Gasteiger partial charge in [0, 0.05) is 5.69 Å². The van der Waals surface area contributed by atoms with Crippen molar-refractivity contribution in [3.8, 4) is 17.6 Å². The van der Waals surface area contributed by atoms with Gasteiger partial charge in [-0.25, -0.2) is 18.2 Å². The van der Waals surface area contributed by atoms with Gasteiger partial charge in [0.1, 0.15) is 16.5 Å².